The standard InChI is InChI=1S/C13H12N2O3S/c14-7-9-8-3-1-2-4-10(8)19-13(9)15-11(16)5-6-12(17)18/h5-6H,1-4H2,(H,15,16)(H,17,18)/p-1. The van der Waals surface area contributed by atoms with E-state index in [1.54, 1.807) is 0 Å². The second kappa shape index (κ2) is 5.67. The molecule has 1 N–H and O–H groups in total. The largest absolute Gasteiger partial charge is 0.545 e. The highest BCUT2D eigenvalue weighted by Gasteiger charge is 2.21. The number of thiophene rings is 1. The van der Waals surface area contributed by atoms with E-state index in [1.165, 1.54) is 11.3 Å². The Balaban J connectivity index is 2.21. The molecule has 0 spiro atoms. The van der Waals surface area contributed by atoms with Crippen molar-refractivity contribution in [3.05, 3.63) is 28.2 Å². The number of carbonyl (C=O) groups excluding carboxylic acids is 2. The lowest BCUT2D eigenvalue weighted by Crippen LogP contribution is -2.20. The maximum absolute atomic E-state index is 11.5. The van der Waals surface area contributed by atoms with Crippen LogP contribution in [0.5, 0.6) is 0 Å². The van der Waals surface area contributed by atoms with Gasteiger partial charge in [0.15, 0.2) is 0 Å². The molecule has 0 unspecified atom stereocenters. The summed E-state index contributed by atoms with van der Waals surface area (Å²) in [7, 11) is 0. The van der Waals surface area contributed by atoms with Gasteiger partial charge >= 0.3 is 0 Å². The highest BCUT2D eigenvalue weighted by Crippen LogP contribution is 2.37. The number of rotatable bonds is 3. The van der Waals surface area contributed by atoms with Crippen molar-refractivity contribution in [2.45, 2.75) is 25.7 Å². The van der Waals surface area contributed by atoms with Crippen molar-refractivity contribution in [2.24, 2.45) is 0 Å². The Hall–Kier alpha value is -2.13. The fourth-order valence-corrected chi connectivity index (χ4v) is 3.31. The predicted octanol–water partition coefficient (Wildman–Crippen LogP) is 0.743. The molecule has 98 valence electrons. The number of nitrogens with zero attached hydrogens (tertiary/aromatic N) is 1. The number of nitriles is 1. The average Bonchev–Trinajstić information content (AvgIpc) is 2.73. The molecule has 0 saturated carbocycles. The molecule has 19 heavy (non-hydrogen) atoms. The van der Waals surface area contributed by atoms with Crippen LogP contribution in [-0.2, 0) is 22.4 Å². The van der Waals surface area contributed by atoms with Crippen molar-refractivity contribution in [1.82, 2.24) is 0 Å². The minimum atomic E-state index is -1.43. The molecule has 1 aliphatic carbocycles. The number of nitrogens with one attached hydrogen (secondary N) is 1. The van der Waals surface area contributed by atoms with Crippen molar-refractivity contribution < 1.29 is 14.7 Å². The van der Waals surface area contributed by atoms with Gasteiger partial charge in [-0.1, -0.05) is 0 Å². The van der Waals surface area contributed by atoms with Crippen LogP contribution in [0.2, 0.25) is 0 Å². The first-order chi connectivity index (χ1) is 9.11. The number of carboxylic acids is 1. The summed E-state index contributed by atoms with van der Waals surface area (Å²) >= 11 is 1.40. The molecule has 6 heteroatoms. The number of hydrogen-bond donors (Lipinski definition) is 1. The van der Waals surface area contributed by atoms with Crippen LogP contribution in [-0.4, -0.2) is 11.9 Å². The van der Waals surface area contributed by atoms with E-state index < -0.39 is 11.9 Å². The van der Waals surface area contributed by atoms with Crippen LogP contribution in [0.25, 0.3) is 0 Å². The third-order valence-corrected chi connectivity index (χ3v) is 4.10. The number of aliphatic carboxylic acids is 1. The van der Waals surface area contributed by atoms with Gasteiger partial charge in [0.25, 0.3) is 0 Å². The topological polar surface area (TPSA) is 93.0 Å². The maximum Gasteiger partial charge on any atom is 0.249 e. The molecule has 0 radical (unpaired) electrons. The van der Waals surface area contributed by atoms with Crippen LogP contribution >= 0.6 is 11.3 Å². The molecule has 0 saturated heterocycles. The van der Waals surface area contributed by atoms with Gasteiger partial charge in [-0.15, -0.1) is 11.3 Å². The number of aryl methyl sites for hydroxylation is 1. The monoisotopic (exact) mass is 275 g/mol. The van der Waals surface area contributed by atoms with Gasteiger partial charge in [0.1, 0.15) is 11.1 Å². The highest BCUT2D eigenvalue weighted by atomic mass is 32.1. The zero-order valence-electron chi connectivity index (χ0n) is 10.1. The van der Waals surface area contributed by atoms with Gasteiger partial charge in [-0.05, 0) is 37.3 Å². The number of carbonyl (C=O) groups is 2. The molecule has 0 aromatic carbocycles. The lowest BCUT2D eigenvalue weighted by Gasteiger charge is -2.09. The maximum atomic E-state index is 11.5. The average molecular weight is 275 g/mol. The molecule has 2 rings (SSSR count). The summed E-state index contributed by atoms with van der Waals surface area (Å²) in [6.45, 7) is 0. The minimum absolute atomic E-state index is 0.502. The molecular formula is C13H11N2O3S-. The van der Waals surface area contributed by atoms with Gasteiger partial charge in [-0.25, -0.2) is 0 Å². The third kappa shape index (κ3) is 3.01. The molecule has 1 amide bonds. The summed E-state index contributed by atoms with van der Waals surface area (Å²) in [4.78, 5) is 22.9. The predicted molar refractivity (Wildman–Crippen MR) is 68.5 cm³/mol. The Morgan fingerprint density at radius 3 is 2.74 bits per heavy atom. The van der Waals surface area contributed by atoms with Gasteiger partial charge in [0.05, 0.1) is 11.5 Å². The van der Waals surface area contributed by atoms with Crippen molar-refractivity contribution in [2.75, 3.05) is 5.32 Å². The van der Waals surface area contributed by atoms with E-state index in [-0.39, 0.29) is 0 Å². The first-order valence-electron chi connectivity index (χ1n) is 5.86. The second-order valence-electron chi connectivity index (χ2n) is 4.17. The molecule has 1 aromatic rings. The van der Waals surface area contributed by atoms with Crippen molar-refractivity contribution >= 4 is 28.2 Å². The van der Waals surface area contributed by atoms with Gasteiger partial charge in [0, 0.05) is 11.0 Å². The summed E-state index contributed by atoms with van der Waals surface area (Å²) in [5.41, 5.74) is 1.54. The normalized spacial score (nSPS) is 13.8. The van der Waals surface area contributed by atoms with Crippen LogP contribution in [0.3, 0.4) is 0 Å². The Labute approximate surface area is 114 Å². The molecule has 0 fully saturated rings. The van der Waals surface area contributed by atoms with E-state index in [0.717, 1.165) is 42.2 Å². The molecule has 5 nitrogen and oxygen atoms in total. The minimum Gasteiger partial charge on any atom is -0.545 e. The quantitative estimate of drug-likeness (QED) is 0.823. The highest BCUT2D eigenvalue weighted by molar-refractivity contribution is 7.16. The van der Waals surface area contributed by atoms with Crippen LogP contribution in [0.15, 0.2) is 12.2 Å². The Morgan fingerprint density at radius 2 is 2.05 bits per heavy atom. The summed E-state index contributed by atoms with van der Waals surface area (Å²) in [5.74, 6) is -2.00. The summed E-state index contributed by atoms with van der Waals surface area (Å²) in [6, 6.07) is 2.12. The molecule has 0 aliphatic heterocycles. The van der Waals surface area contributed by atoms with Gasteiger partial charge in [-0.3, -0.25) is 4.79 Å². The Kier molecular flexibility index (Phi) is 3.97. The van der Waals surface area contributed by atoms with Crippen molar-refractivity contribution in [3.63, 3.8) is 0 Å². The van der Waals surface area contributed by atoms with Gasteiger partial charge < -0.3 is 15.2 Å². The molecule has 0 atom stereocenters. The first kappa shape index (κ1) is 13.3. The summed E-state index contributed by atoms with van der Waals surface area (Å²) < 4.78 is 0. The molecular weight excluding hydrogens is 264 g/mol. The van der Waals surface area contributed by atoms with E-state index in [2.05, 4.69) is 11.4 Å². The number of carboxylic acid groups (broad SMARTS) is 1. The van der Waals surface area contributed by atoms with Crippen molar-refractivity contribution in [3.8, 4) is 6.07 Å². The molecule has 1 heterocycles. The second-order valence-corrected chi connectivity index (χ2v) is 5.27. The van der Waals surface area contributed by atoms with Gasteiger partial charge in [-0.2, -0.15) is 5.26 Å². The van der Waals surface area contributed by atoms with Crippen LogP contribution in [0.1, 0.15) is 28.8 Å². The fraction of sp³-hybridized carbons (Fsp3) is 0.308. The first-order valence-corrected chi connectivity index (χ1v) is 6.68. The van der Waals surface area contributed by atoms with Gasteiger partial charge in [0.2, 0.25) is 5.91 Å². The van der Waals surface area contributed by atoms with E-state index >= 15 is 0 Å². The third-order valence-electron chi connectivity index (χ3n) is 2.89. The Morgan fingerprint density at radius 1 is 1.32 bits per heavy atom. The van der Waals surface area contributed by atoms with E-state index in [4.69, 9.17) is 0 Å². The molecule has 1 aliphatic rings. The summed E-state index contributed by atoms with van der Waals surface area (Å²) in [5, 5.41) is 22.4. The lowest BCUT2D eigenvalue weighted by atomic mass is 9.96. The van der Waals surface area contributed by atoms with Crippen LogP contribution in [0, 0.1) is 11.3 Å². The zero-order chi connectivity index (χ0) is 13.8. The molecule has 1 aromatic heterocycles. The summed E-state index contributed by atoms with van der Waals surface area (Å²) in [6.07, 6.45) is 5.48. The Bertz CT molecular complexity index is 596. The molecule has 0 bridgehead atoms. The fourth-order valence-electron chi connectivity index (χ4n) is 2.07. The number of fused-ring (bicyclic) bond motifs is 1. The zero-order valence-corrected chi connectivity index (χ0v) is 10.9. The lowest BCUT2D eigenvalue weighted by molar-refractivity contribution is -0.297. The van der Waals surface area contributed by atoms with E-state index in [0.29, 0.717) is 16.6 Å². The SMILES string of the molecule is N#Cc1c(NC(=O)C=CC(=O)[O-])sc2c1CCCC2. The van der Waals surface area contributed by atoms with Crippen molar-refractivity contribution in [1.29, 1.82) is 5.26 Å². The van der Waals surface area contributed by atoms with Crippen LogP contribution < -0.4 is 10.4 Å². The number of amides is 1. The van der Waals surface area contributed by atoms with Crippen LogP contribution in [0.4, 0.5) is 5.00 Å². The number of anilines is 1. The van der Waals surface area contributed by atoms with E-state index in [9.17, 15) is 20.0 Å². The smallest absolute Gasteiger partial charge is 0.249 e. The number of hydrogen-bond acceptors (Lipinski definition) is 5. The van der Waals surface area contributed by atoms with E-state index in [1.807, 2.05) is 0 Å².